The standard InChI is InChI=1S/C16H21N3S/c1-2-7-17-16-10-15(5-8-18-16)19(14-3-4-14)11-13-6-9-20-12-13/h5-6,8-10,12,14H,2-4,7,11H2,1H3,(H,17,18). The average molecular weight is 287 g/mol. The third-order valence-electron chi connectivity index (χ3n) is 3.55. The van der Waals surface area contributed by atoms with Crippen LogP contribution in [0.1, 0.15) is 31.7 Å². The Kier molecular flexibility index (Phi) is 4.21. The Balaban J connectivity index is 1.76. The second-order valence-electron chi connectivity index (χ2n) is 5.32. The first-order valence-corrected chi connectivity index (χ1v) is 8.28. The van der Waals surface area contributed by atoms with Gasteiger partial charge in [0.05, 0.1) is 0 Å². The van der Waals surface area contributed by atoms with Crippen LogP contribution in [-0.2, 0) is 6.54 Å². The van der Waals surface area contributed by atoms with E-state index in [1.54, 1.807) is 11.3 Å². The molecule has 20 heavy (non-hydrogen) atoms. The highest BCUT2D eigenvalue weighted by atomic mass is 32.1. The van der Waals surface area contributed by atoms with Crippen LogP contribution in [0.25, 0.3) is 0 Å². The molecule has 1 N–H and O–H groups in total. The lowest BCUT2D eigenvalue weighted by atomic mass is 10.2. The summed E-state index contributed by atoms with van der Waals surface area (Å²) in [5.74, 6) is 0.986. The molecule has 4 heteroatoms. The maximum absolute atomic E-state index is 4.40. The number of hydrogen-bond donors (Lipinski definition) is 1. The minimum Gasteiger partial charge on any atom is -0.370 e. The van der Waals surface area contributed by atoms with Gasteiger partial charge in [0.1, 0.15) is 5.82 Å². The summed E-state index contributed by atoms with van der Waals surface area (Å²) < 4.78 is 0. The predicted octanol–water partition coefficient (Wildman–Crippen LogP) is 4.13. The topological polar surface area (TPSA) is 28.2 Å². The molecule has 0 spiro atoms. The quantitative estimate of drug-likeness (QED) is 0.829. The summed E-state index contributed by atoms with van der Waals surface area (Å²) in [4.78, 5) is 6.92. The molecule has 0 unspecified atom stereocenters. The van der Waals surface area contributed by atoms with E-state index in [0.717, 1.165) is 25.3 Å². The highest BCUT2D eigenvalue weighted by molar-refractivity contribution is 7.07. The maximum atomic E-state index is 4.40. The summed E-state index contributed by atoms with van der Waals surface area (Å²) in [6.45, 7) is 4.15. The van der Waals surface area contributed by atoms with E-state index in [9.17, 15) is 0 Å². The third kappa shape index (κ3) is 3.31. The van der Waals surface area contributed by atoms with E-state index in [4.69, 9.17) is 0 Å². The van der Waals surface area contributed by atoms with Gasteiger partial charge in [0.25, 0.3) is 0 Å². The van der Waals surface area contributed by atoms with Gasteiger partial charge < -0.3 is 10.2 Å². The molecule has 1 aliphatic rings. The van der Waals surface area contributed by atoms with Crippen LogP contribution in [0, 0.1) is 0 Å². The minimum absolute atomic E-state index is 0.705. The van der Waals surface area contributed by atoms with E-state index >= 15 is 0 Å². The first kappa shape index (κ1) is 13.4. The molecule has 1 saturated carbocycles. The number of pyridine rings is 1. The van der Waals surface area contributed by atoms with E-state index in [2.05, 4.69) is 51.1 Å². The van der Waals surface area contributed by atoms with E-state index in [-0.39, 0.29) is 0 Å². The molecule has 2 heterocycles. The van der Waals surface area contributed by atoms with Crippen LogP contribution in [-0.4, -0.2) is 17.6 Å². The van der Waals surface area contributed by atoms with Crippen molar-refractivity contribution < 1.29 is 0 Å². The van der Waals surface area contributed by atoms with Gasteiger partial charge in [-0.2, -0.15) is 11.3 Å². The van der Waals surface area contributed by atoms with Crippen molar-refractivity contribution in [2.24, 2.45) is 0 Å². The number of aromatic nitrogens is 1. The van der Waals surface area contributed by atoms with Gasteiger partial charge in [-0.05, 0) is 47.7 Å². The molecule has 0 saturated heterocycles. The van der Waals surface area contributed by atoms with Gasteiger partial charge in [-0.15, -0.1) is 0 Å². The molecule has 1 aliphatic carbocycles. The fourth-order valence-electron chi connectivity index (χ4n) is 2.34. The van der Waals surface area contributed by atoms with Crippen LogP contribution in [0.4, 0.5) is 11.5 Å². The fraction of sp³-hybridized carbons (Fsp3) is 0.438. The molecule has 2 aromatic rings. The van der Waals surface area contributed by atoms with Crippen LogP contribution >= 0.6 is 11.3 Å². The van der Waals surface area contributed by atoms with Crippen molar-refractivity contribution in [3.8, 4) is 0 Å². The molecule has 0 amide bonds. The van der Waals surface area contributed by atoms with E-state index < -0.39 is 0 Å². The van der Waals surface area contributed by atoms with Crippen LogP contribution < -0.4 is 10.2 Å². The monoisotopic (exact) mass is 287 g/mol. The summed E-state index contributed by atoms with van der Waals surface area (Å²) >= 11 is 1.77. The largest absolute Gasteiger partial charge is 0.370 e. The Bertz CT molecular complexity index is 534. The number of thiophene rings is 1. The smallest absolute Gasteiger partial charge is 0.127 e. The van der Waals surface area contributed by atoms with Gasteiger partial charge in [0, 0.05) is 37.1 Å². The molecule has 2 aromatic heterocycles. The van der Waals surface area contributed by atoms with Crippen molar-refractivity contribution in [3.05, 3.63) is 40.7 Å². The van der Waals surface area contributed by atoms with Crippen LogP contribution in [0.15, 0.2) is 35.2 Å². The van der Waals surface area contributed by atoms with Gasteiger partial charge in [0.15, 0.2) is 0 Å². The van der Waals surface area contributed by atoms with Crippen molar-refractivity contribution in [1.82, 2.24) is 4.98 Å². The molecular weight excluding hydrogens is 266 g/mol. The summed E-state index contributed by atoms with van der Waals surface area (Å²) in [5, 5.41) is 7.77. The fourth-order valence-corrected chi connectivity index (χ4v) is 3.00. The normalized spacial score (nSPS) is 14.2. The van der Waals surface area contributed by atoms with Gasteiger partial charge in [-0.3, -0.25) is 0 Å². The molecule has 0 atom stereocenters. The average Bonchev–Trinajstić information content (AvgIpc) is 3.19. The lowest BCUT2D eigenvalue weighted by molar-refractivity contribution is 0.795. The summed E-state index contributed by atoms with van der Waals surface area (Å²) in [6.07, 6.45) is 5.65. The third-order valence-corrected chi connectivity index (χ3v) is 4.28. The zero-order chi connectivity index (χ0) is 13.8. The molecule has 106 valence electrons. The van der Waals surface area contributed by atoms with Gasteiger partial charge >= 0.3 is 0 Å². The van der Waals surface area contributed by atoms with Crippen molar-refractivity contribution in [3.63, 3.8) is 0 Å². The Morgan fingerprint density at radius 2 is 2.30 bits per heavy atom. The molecule has 3 rings (SSSR count). The maximum Gasteiger partial charge on any atom is 0.127 e. The molecular formula is C16H21N3S. The number of hydrogen-bond acceptors (Lipinski definition) is 4. The lowest BCUT2D eigenvalue weighted by Gasteiger charge is -2.24. The first-order chi connectivity index (χ1) is 9.86. The SMILES string of the molecule is CCCNc1cc(N(Cc2ccsc2)C2CC2)ccn1. The van der Waals surface area contributed by atoms with Crippen LogP contribution in [0.5, 0.6) is 0 Å². The van der Waals surface area contributed by atoms with E-state index in [1.165, 1.54) is 24.1 Å². The van der Waals surface area contributed by atoms with E-state index in [1.807, 2.05) is 6.20 Å². The number of nitrogens with zero attached hydrogens (tertiary/aromatic N) is 2. The second-order valence-corrected chi connectivity index (χ2v) is 6.10. The van der Waals surface area contributed by atoms with Crippen molar-refractivity contribution >= 4 is 22.8 Å². The summed E-state index contributed by atoms with van der Waals surface area (Å²) in [5.41, 5.74) is 2.69. The molecule has 0 aliphatic heterocycles. The summed E-state index contributed by atoms with van der Waals surface area (Å²) in [6, 6.07) is 7.23. The number of nitrogens with one attached hydrogen (secondary N) is 1. The molecule has 0 aromatic carbocycles. The van der Waals surface area contributed by atoms with Crippen LogP contribution in [0.2, 0.25) is 0 Å². The zero-order valence-electron chi connectivity index (χ0n) is 11.9. The zero-order valence-corrected chi connectivity index (χ0v) is 12.7. The van der Waals surface area contributed by atoms with E-state index in [0.29, 0.717) is 6.04 Å². The van der Waals surface area contributed by atoms with Gasteiger partial charge in [-0.1, -0.05) is 6.92 Å². The molecule has 0 radical (unpaired) electrons. The number of rotatable bonds is 7. The molecule has 1 fully saturated rings. The Morgan fingerprint density at radius 3 is 3.00 bits per heavy atom. The molecule has 0 bridgehead atoms. The number of anilines is 2. The second kappa shape index (κ2) is 6.27. The van der Waals surface area contributed by atoms with Crippen LogP contribution in [0.3, 0.4) is 0 Å². The predicted molar refractivity (Wildman–Crippen MR) is 86.5 cm³/mol. The highest BCUT2D eigenvalue weighted by Crippen LogP contribution is 2.33. The van der Waals surface area contributed by atoms with Crippen molar-refractivity contribution in [1.29, 1.82) is 0 Å². The summed E-state index contributed by atoms with van der Waals surface area (Å²) in [7, 11) is 0. The van der Waals surface area contributed by atoms with Gasteiger partial charge in [-0.25, -0.2) is 4.98 Å². The first-order valence-electron chi connectivity index (χ1n) is 7.34. The Morgan fingerprint density at radius 1 is 1.40 bits per heavy atom. The minimum atomic E-state index is 0.705. The Hall–Kier alpha value is -1.55. The highest BCUT2D eigenvalue weighted by Gasteiger charge is 2.29. The van der Waals surface area contributed by atoms with Crippen molar-refractivity contribution in [2.75, 3.05) is 16.8 Å². The van der Waals surface area contributed by atoms with Crippen molar-refractivity contribution in [2.45, 2.75) is 38.8 Å². The lowest BCUT2D eigenvalue weighted by Crippen LogP contribution is -2.24. The van der Waals surface area contributed by atoms with Gasteiger partial charge in [0.2, 0.25) is 0 Å². The Labute approximate surface area is 124 Å². The molecule has 3 nitrogen and oxygen atoms in total.